The fraction of sp³-hybridized carbons (Fsp3) is 0.400. The molecule has 2 aromatic rings. The molecule has 1 aliphatic heterocycles. The Morgan fingerprint density at radius 3 is 3.05 bits per heavy atom. The van der Waals surface area contributed by atoms with E-state index in [1.165, 1.54) is 16.6 Å². The third kappa shape index (κ3) is 1.57. The molecule has 0 atom stereocenters. The van der Waals surface area contributed by atoms with E-state index in [9.17, 15) is 4.79 Å². The molecule has 0 spiro atoms. The first kappa shape index (κ1) is 11.0. The first-order chi connectivity index (χ1) is 9.32. The second kappa shape index (κ2) is 3.80. The second-order valence-electron chi connectivity index (χ2n) is 5.38. The lowest BCUT2D eigenvalue weighted by Crippen LogP contribution is -2.08. The second-order valence-corrected chi connectivity index (χ2v) is 5.38. The van der Waals surface area contributed by atoms with Gasteiger partial charge in [0.15, 0.2) is 0 Å². The number of aromatic amines is 1. The number of isocyanates is 1. The molecule has 4 rings (SSSR count). The molecule has 1 fully saturated rings. The number of nitrogens with zero attached hydrogens (tertiary/aromatic N) is 1. The van der Waals surface area contributed by atoms with Gasteiger partial charge in [0.2, 0.25) is 6.08 Å². The molecule has 0 amide bonds. The fourth-order valence-corrected chi connectivity index (χ4v) is 2.99. The predicted octanol–water partition coefficient (Wildman–Crippen LogP) is 2.57. The number of H-pyrrole nitrogens is 1. The van der Waals surface area contributed by atoms with E-state index < -0.39 is 0 Å². The van der Waals surface area contributed by atoms with E-state index in [0.29, 0.717) is 6.61 Å². The van der Waals surface area contributed by atoms with Crippen molar-refractivity contribution in [1.29, 1.82) is 0 Å². The number of rotatable bonds is 2. The zero-order chi connectivity index (χ0) is 12.9. The molecule has 1 aromatic heterocycles. The molecule has 1 N–H and O–H groups in total. The third-order valence-electron chi connectivity index (χ3n) is 4.26. The largest absolute Gasteiger partial charge is 0.376 e. The van der Waals surface area contributed by atoms with Gasteiger partial charge in [0.1, 0.15) is 0 Å². The summed E-state index contributed by atoms with van der Waals surface area (Å²) in [4.78, 5) is 18.0. The normalized spacial score (nSPS) is 19.8. The van der Waals surface area contributed by atoms with Crippen LogP contribution in [0.4, 0.5) is 0 Å². The van der Waals surface area contributed by atoms with Crippen LogP contribution >= 0.6 is 0 Å². The highest BCUT2D eigenvalue weighted by atomic mass is 16.5. The van der Waals surface area contributed by atoms with Gasteiger partial charge in [-0.1, -0.05) is 6.07 Å². The summed E-state index contributed by atoms with van der Waals surface area (Å²) >= 11 is 0. The third-order valence-corrected chi connectivity index (χ3v) is 4.26. The van der Waals surface area contributed by atoms with Crippen molar-refractivity contribution in [3.63, 3.8) is 0 Å². The van der Waals surface area contributed by atoms with Gasteiger partial charge in [-0.2, -0.15) is 4.99 Å². The number of hydrogen-bond acceptors (Lipinski definition) is 3. The molecule has 2 aliphatic rings. The number of hydrogen-bond donors (Lipinski definition) is 1. The van der Waals surface area contributed by atoms with Gasteiger partial charge in [0.05, 0.1) is 18.8 Å². The molecule has 0 radical (unpaired) electrons. The zero-order valence-electron chi connectivity index (χ0n) is 10.5. The first-order valence-corrected chi connectivity index (χ1v) is 6.63. The maximum absolute atomic E-state index is 10.6. The molecule has 1 aromatic carbocycles. The quantitative estimate of drug-likeness (QED) is 0.661. The van der Waals surface area contributed by atoms with Gasteiger partial charge >= 0.3 is 0 Å². The van der Waals surface area contributed by atoms with Gasteiger partial charge < -0.3 is 9.72 Å². The van der Waals surface area contributed by atoms with Crippen molar-refractivity contribution in [3.05, 3.63) is 35.0 Å². The highest BCUT2D eigenvalue weighted by Crippen LogP contribution is 2.50. The zero-order valence-corrected chi connectivity index (χ0v) is 10.5. The van der Waals surface area contributed by atoms with E-state index >= 15 is 0 Å². The summed E-state index contributed by atoms with van der Waals surface area (Å²) in [5.41, 5.74) is 4.51. The summed E-state index contributed by atoms with van der Waals surface area (Å²) in [6.07, 6.45) is 4.54. The molecular weight excluding hydrogens is 240 g/mol. The van der Waals surface area contributed by atoms with Crippen LogP contribution < -0.4 is 0 Å². The average molecular weight is 254 g/mol. The predicted molar refractivity (Wildman–Crippen MR) is 70.7 cm³/mol. The summed E-state index contributed by atoms with van der Waals surface area (Å²) in [5, 5.41) is 1.21. The molecule has 1 aliphatic carbocycles. The van der Waals surface area contributed by atoms with Crippen molar-refractivity contribution in [2.75, 3.05) is 6.61 Å². The topological polar surface area (TPSA) is 54.5 Å². The van der Waals surface area contributed by atoms with Crippen molar-refractivity contribution in [2.24, 2.45) is 4.99 Å². The monoisotopic (exact) mass is 254 g/mol. The van der Waals surface area contributed by atoms with Crippen LogP contribution in [0, 0.1) is 0 Å². The van der Waals surface area contributed by atoms with E-state index in [2.05, 4.69) is 28.2 Å². The van der Waals surface area contributed by atoms with Crippen LogP contribution in [0.2, 0.25) is 0 Å². The molecule has 1 saturated carbocycles. The summed E-state index contributed by atoms with van der Waals surface area (Å²) in [5.74, 6) is 0. The van der Waals surface area contributed by atoms with Crippen molar-refractivity contribution in [3.8, 4) is 0 Å². The number of benzene rings is 1. The Kier molecular flexibility index (Phi) is 2.19. The summed E-state index contributed by atoms with van der Waals surface area (Å²) in [6, 6.07) is 6.32. The summed E-state index contributed by atoms with van der Waals surface area (Å²) < 4.78 is 5.55. The Bertz CT molecular complexity index is 706. The molecule has 0 bridgehead atoms. The van der Waals surface area contributed by atoms with Crippen molar-refractivity contribution >= 4 is 17.0 Å². The molecule has 4 heteroatoms. The Morgan fingerprint density at radius 2 is 2.26 bits per heavy atom. The molecule has 0 unspecified atom stereocenters. The standard InChI is InChI=1S/C15H14N2O2/c18-9-16-15(4-5-15)10-1-2-13-11(7-10)12-8-19-6-3-14(12)17-13/h1-2,7,17H,3-6,8H2. The van der Waals surface area contributed by atoms with Crippen LogP contribution in [0.3, 0.4) is 0 Å². The Balaban J connectivity index is 1.89. The number of ether oxygens (including phenoxy) is 1. The van der Waals surface area contributed by atoms with E-state index in [1.807, 2.05) is 0 Å². The van der Waals surface area contributed by atoms with Gasteiger partial charge in [-0.3, -0.25) is 0 Å². The van der Waals surface area contributed by atoms with Crippen molar-refractivity contribution in [2.45, 2.75) is 31.4 Å². The van der Waals surface area contributed by atoms with Crippen LogP contribution in [0.25, 0.3) is 10.9 Å². The van der Waals surface area contributed by atoms with Crippen LogP contribution in [-0.2, 0) is 28.1 Å². The molecular formula is C15H14N2O2. The number of nitrogens with one attached hydrogen (secondary N) is 1. The van der Waals surface area contributed by atoms with E-state index in [-0.39, 0.29) is 5.54 Å². The first-order valence-electron chi connectivity index (χ1n) is 6.63. The molecule has 96 valence electrons. The lowest BCUT2D eigenvalue weighted by molar-refractivity contribution is 0.111. The fourth-order valence-electron chi connectivity index (χ4n) is 2.99. The van der Waals surface area contributed by atoms with Crippen molar-refractivity contribution in [1.82, 2.24) is 4.98 Å². The highest BCUT2D eigenvalue weighted by Gasteiger charge is 2.45. The van der Waals surface area contributed by atoms with Crippen molar-refractivity contribution < 1.29 is 9.53 Å². The van der Waals surface area contributed by atoms with Gasteiger partial charge in [-0.05, 0) is 30.5 Å². The van der Waals surface area contributed by atoms with Crippen LogP contribution in [-0.4, -0.2) is 17.7 Å². The number of fused-ring (bicyclic) bond motifs is 3. The molecule has 0 saturated heterocycles. The number of carbonyl (C=O) groups excluding carboxylic acids is 1. The minimum absolute atomic E-state index is 0.296. The maximum Gasteiger partial charge on any atom is 0.235 e. The van der Waals surface area contributed by atoms with Gasteiger partial charge in [-0.15, -0.1) is 0 Å². The van der Waals surface area contributed by atoms with Crippen LogP contribution in [0.5, 0.6) is 0 Å². The van der Waals surface area contributed by atoms with Crippen LogP contribution in [0.1, 0.15) is 29.7 Å². The smallest absolute Gasteiger partial charge is 0.235 e. The summed E-state index contributed by atoms with van der Waals surface area (Å²) in [6.45, 7) is 1.45. The summed E-state index contributed by atoms with van der Waals surface area (Å²) in [7, 11) is 0. The maximum atomic E-state index is 10.6. The Hall–Kier alpha value is -1.90. The Morgan fingerprint density at radius 1 is 1.37 bits per heavy atom. The minimum atomic E-state index is -0.296. The lowest BCUT2D eigenvalue weighted by atomic mass is 10.0. The van der Waals surface area contributed by atoms with E-state index in [0.717, 1.165) is 36.9 Å². The molecule has 19 heavy (non-hydrogen) atoms. The Labute approximate surface area is 110 Å². The lowest BCUT2D eigenvalue weighted by Gasteiger charge is -2.12. The van der Waals surface area contributed by atoms with Gasteiger partial charge in [0.25, 0.3) is 0 Å². The SMILES string of the molecule is O=C=NC1(c2ccc3[nH]c4c(c3c2)COCC4)CC1. The number of aromatic nitrogens is 1. The van der Waals surface area contributed by atoms with E-state index in [1.54, 1.807) is 6.08 Å². The van der Waals surface area contributed by atoms with Crippen LogP contribution in [0.15, 0.2) is 23.2 Å². The van der Waals surface area contributed by atoms with E-state index in [4.69, 9.17) is 4.74 Å². The highest BCUT2D eigenvalue weighted by molar-refractivity contribution is 5.85. The molecule has 4 nitrogen and oxygen atoms in total. The average Bonchev–Trinajstić information content (AvgIpc) is 3.13. The van der Waals surface area contributed by atoms with Gasteiger partial charge in [0, 0.05) is 28.6 Å². The molecule has 2 heterocycles. The number of aliphatic imine (C=N–C) groups is 1. The van der Waals surface area contributed by atoms with Gasteiger partial charge in [-0.25, -0.2) is 4.79 Å². The minimum Gasteiger partial charge on any atom is -0.376 e.